The van der Waals surface area contributed by atoms with Gasteiger partial charge in [-0.15, -0.1) is 11.3 Å². The summed E-state index contributed by atoms with van der Waals surface area (Å²) in [4.78, 5) is 12.8. The molecule has 2 aromatic rings. The minimum absolute atomic E-state index is 0.234. The van der Waals surface area contributed by atoms with Crippen molar-refractivity contribution in [1.29, 1.82) is 5.26 Å². The Balaban J connectivity index is 2.46. The summed E-state index contributed by atoms with van der Waals surface area (Å²) in [5, 5.41) is 8.87. The first kappa shape index (κ1) is 14.7. The average Bonchev–Trinajstić information content (AvgIpc) is 2.80. The fourth-order valence-corrected chi connectivity index (χ4v) is 3.44. The summed E-state index contributed by atoms with van der Waals surface area (Å²) >= 11 is 4.53. The van der Waals surface area contributed by atoms with Gasteiger partial charge in [0.1, 0.15) is 10.7 Å². The van der Waals surface area contributed by atoms with E-state index in [-0.39, 0.29) is 5.56 Å². The van der Waals surface area contributed by atoms with E-state index < -0.39 is 11.8 Å². The maximum atomic E-state index is 13.5. The quantitative estimate of drug-likeness (QED) is 0.770. The molecule has 1 aromatic carbocycles. The Morgan fingerprint density at radius 1 is 1.45 bits per heavy atom. The predicted octanol–water partition coefficient (Wildman–Crippen LogP) is 4.37. The number of carbonyl (C=O) groups excluding carboxylic acids is 1. The number of thiophene rings is 1. The fraction of sp³-hybridized carbons (Fsp3) is 0.143. The van der Waals surface area contributed by atoms with Crippen LogP contribution in [0.4, 0.5) is 4.39 Å². The third-order valence-corrected chi connectivity index (χ3v) is 4.50. The Morgan fingerprint density at radius 3 is 2.85 bits per heavy atom. The van der Waals surface area contributed by atoms with Gasteiger partial charge in [0.15, 0.2) is 0 Å². The van der Waals surface area contributed by atoms with Crippen molar-refractivity contribution in [2.45, 2.75) is 6.92 Å². The van der Waals surface area contributed by atoms with Gasteiger partial charge in [-0.3, -0.25) is 0 Å². The van der Waals surface area contributed by atoms with Gasteiger partial charge in [-0.1, -0.05) is 0 Å². The second-order valence-electron chi connectivity index (χ2n) is 3.85. The molecule has 0 aliphatic carbocycles. The zero-order valence-corrected chi connectivity index (χ0v) is 12.8. The van der Waals surface area contributed by atoms with Crippen LogP contribution in [0.2, 0.25) is 0 Å². The molecule has 3 nitrogen and oxygen atoms in total. The van der Waals surface area contributed by atoms with Gasteiger partial charge in [-0.2, -0.15) is 5.26 Å². The predicted molar refractivity (Wildman–Crippen MR) is 78.1 cm³/mol. The van der Waals surface area contributed by atoms with Crippen LogP contribution in [0.5, 0.6) is 0 Å². The summed E-state index contributed by atoms with van der Waals surface area (Å²) in [6, 6.07) is 7.61. The normalized spacial score (nSPS) is 10.1. The van der Waals surface area contributed by atoms with Crippen LogP contribution in [-0.2, 0) is 4.74 Å². The van der Waals surface area contributed by atoms with Crippen LogP contribution in [0.3, 0.4) is 0 Å². The lowest BCUT2D eigenvalue weighted by molar-refractivity contribution is 0.0532. The number of ether oxygens (including phenoxy) is 1. The molecule has 6 heteroatoms. The Bertz CT molecular complexity index is 706. The molecule has 102 valence electrons. The van der Waals surface area contributed by atoms with Crippen LogP contribution in [-0.4, -0.2) is 12.6 Å². The monoisotopic (exact) mass is 353 g/mol. The molecule has 20 heavy (non-hydrogen) atoms. The Kier molecular flexibility index (Phi) is 4.53. The molecule has 0 radical (unpaired) electrons. The number of nitriles is 1. The number of esters is 1. The molecular formula is C14H9BrFNO2S. The van der Waals surface area contributed by atoms with E-state index in [1.165, 1.54) is 17.4 Å². The smallest absolute Gasteiger partial charge is 0.348 e. The van der Waals surface area contributed by atoms with E-state index in [0.29, 0.717) is 26.4 Å². The molecule has 1 aromatic heterocycles. The second kappa shape index (κ2) is 6.16. The van der Waals surface area contributed by atoms with E-state index >= 15 is 0 Å². The molecule has 0 atom stereocenters. The molecule has 0 saturated carbocycles. The summed E-state index contributed by atoms with van der Waals surface area (Å²) in [6.45, 7) is 2.02. The van der Waals surface area contributed by atoms with Gasteiger partial charge in [0.25, 0.3) is 0 Å². The number of carbonyl (C=O) groups is 1. The van der Waals surface area contributed by atoms with Crippen molar-refractivity contribution < 1.29 is 13.9 Å². The molecule has 0 saturated heterocycles. The van der Waals surface area contributed by atoms with Crippen LogP contribution in [0.1, 0.15) is 22.2 Å². The largest absolute Gasteiger partial charge is 0.462 e. The Morgan fingerprint density at radius 2 is 2.20 bits per heavy atom. The van der Waals surface area contributed by atoms with Crippen LogP contribution in [0.15, 0.2) is 28.7 Å². The first-order valence-electron chi connectivity index (χ1n) is 5.72. The number of hydrogen-bond donors (Lipinski definition) is 0. The first-order chi connectivity index (χ1) is 9.55. The van der Waals surface area contributed by atoms with Crippen molar-refractivity contribution in [3.63, 3.8) is 0 Å². The van der Waals surface area contributed by atoms with Crippen molar-refractivity contribution in [3.05, 3.63) is 45.0 Å². The van der Waals surface area contributed by atoms with Gasteiger partial charge < -0.3 is 4.74 Å². The third kappa shape index (κ3) is 3.06. The molecular weight excluding hydrogens is 345 g/mol. The van der Waals surface area contributed by atoms with Gasteiger partial charge in [0, 0.05) is 9.35 Å². The zero-order chi connectivity index (χ0) is 14.7. The van der Waals surface area contributed by atoms with Crippen LogP contribution in [0.25, 0.3) is 10.4 Å². The van der Waals surface area contributed by atoms with E-state index in [4.69, 9.17) is 10.00 Å². The highest BCUT2D eigenvalue weighted by Gasteiger charge is 2.16. The summed E-state index contributed by atoms with van der Waals surface area (Å²) in [5.74, 6) is -0.904. The molecule has 0 fully saturated rings. The van der Waals surface area contributed by atoms with Crippen molar-refractivity contribution in [2.75, 3.05) is 6.61 Å². The van der Waals surface area contributed by atoms with Crippen molar-refractivity contribution in [1.82, 2.24) is 0 Å². The van der Waals surface area contributed by atoms with Gasteiger partial charge >= 0.3 is 5.97 Å². The minimum Gasteiger partial charge on any atom is -0.462 e. The molecule has 0 spiro atoms. The van der Waals surface area contributed by atoms with Gasteiger partial charge in [-0.25, -0.2) is 9.18 Å². The van der Waals surface area contributed by atoms with E-state index in [2.05, 4.69) is 15.9 Å². The van der Waals surface area contributed by atoms with E-state index in [9.17, 15) is 9.18 Å². The SMILES string of the molecule is CCOC(=O)c1cc(Br)c(-c2cc(F)cc(C#N)c2)s1. The average molecular weight is 354 g/mol. The topological polar surface area (TPSA) is 50.1 Å². The number of hydrogen-bond acceptors (Lipinski definition) is 4. The second-order valence-corrected chi connectivity index (χ2v) is 5.76. The number of halogens is 2. The molecule has 1 heterocycles. The molecule has 0 unspecified atom stereocenters. The molecule has 0 aliphatic heterocycles. The molecule has 0 amide bonds. The third-order valence-electron chi connectivity index (χ3n) is 2.45. The highest BCUT2D eigenvalue weighted by Crippen LogP contribution is 2.37. The Labute approximate surface area is 127 Å². The summed E-state index contributed by atoms with van der Waals surface area (Å²) < 4.78 is 19.1. The lowest BCUT2D eigenvalue weighted by atomic mass is 10.1. The number of rotatable bonds is 3. The van der Waals surface area contributed by atoms with Crippen molar-refractivity contribution >= 4 is 33.2 Å². The Hall–Kier alpha value is -1.71. The summed E-state index contributed by atoms with van der Waals surface area (Å²) in [6.07, 6.45) is 0. The van der Waals surface area contributed by atoms with Gasteiger partial charge in [-0.05, 0) is 52.7 Å². The van der Waals surface area contributed by atoms with E-state index in [1.807, 2.05) is 6.07 Å². The lowest BCUT2D eigenvalue weighted by Gasteiger charge is -2.00. The van der Waals surface area contributed by atoms with Crippen LogP contribution >= 0.6 is 27.3 Å². The van der Waals surface area contributed by atoms with Crippen LogP contribution in [0, 0.1) is 17.1 Å². The summed E-state index contributed by atoms with van der Waals surface area (Å²) in [5.41, 5.74) is 0.784. The number of benzene rings is 1. The maximum Gasteiger partial charge on any atom is 0.348 e. The lowest BCUT2D eigenvalue weighted by Crippen LogP contribution is -2.01. The van der Waals surface area contributed by atoms with Crippen LogP contribution < -0.4 is 0 Å². The minimum atomic E-state index is -0.489. The maximum absolute atomic E-state index is 13.5. The van der Waals surface area contributed by atoms with Gasteiger partial charge in [0.05, 0.1) is 18.2 Å². The molecule has 0 N–H and O–H groups in total. The van der Waals surface area contributed by atoms with E-state index in [0.717, 1.165) is 6.07 Å². The fourth-order valence-electron chi connectivity index (χ4n) is 1.65. The first-order valence-corrected chi connectivity index (χ1v) is 7.33. The molecule has 2 rings (SSSR count). The highest BCUT2D eigenvalue weighted by atomic mass is 79.9. The molecule has 0 aliphatic rings. The summed E-state index contributed by atoms with van der Waals surface area (Å²) in [7, 11) is 0. The number of nitrogens with zero attached hydrogens (tertiary/aromatic N) is 1. The van der Waals surface area contributed by atoms with Crippen molar-refractivity contribution in [2.24, 2.45) is 0 Å². The van der Waals surface area contributed by atoms with Gasteiger partial charge in [0.2, 0.25) is 0 Å². The molecule has 0 bridgehead atoms. The standard InChI is InChI=1S/C14H9BrFNO2S/c1-2-19-14(18)12-6-11(15)13(20-12)9-3-8(7-17)4-10(16)5-9/h3-6H,2H2,1H3. The zero-order valence-electron chi connectivity index (χ0n) is 10.4. The highest BCUT2D eigenvalue weighted by molar-refractivity contribution is 9.10. The van der Waals surface area contributed by atoms with E-state index in [1.54, 1.807) is 19.1 Å². The van der Waals surface area contributed by atoms with Crippen molar-refractivity contribution in [3.8, 4) is 16.5 Å².